The third kappa shape index (κ3) is 6.14. The Morgan fingerprint density at radius 1 is 1.40 bits per heavy atom. The number of hydrogen-bond acceptors (Lipinski definition) is 4. The summed E-state index contributed by atoms with van der Waals surface area (Å²) in [6, 6.07) is 3.52. The maximum atomic E-state index is 11.7. The second-order valence-corrected chi connectivity index (χ2v) is 6.33. The molecule has 0 fully saturated rings. The van der Waals surface area contributed by atoms with Crippen LogP contribution in [-0.2, 0) is 20.7 Å². The number of rotatable bonds is 5. The number of halogens is 1. The highest BCUT2D eigenvalue weighted by molar-refractivity contribution is 9.10. The van der Waals surface area contributed by atoms with Crippen molar-refractivity contribution in [1.82, 2.24) is 4.98 Å². The number of carboxylic acids is 1. The molecule has 0 unspecified atom stereocenters. The average molecular weight is 344 g/mol. The van der Waals surface area contributed by atoms with Gasteiger partial charge in [-0.3, -0.25) is 9.59 Å². The quantitative estimate of drug-likeness (QED) is 0.657. The van der Waals surface area contributed by atoms with E-state index in [1.54, 1.807) is 39.1 Å². The molecule has 0 amide bonds. The third-order valence-corrected chi connectivity index (χ3v) is 2.92. The second kappa shape index (κ2) is 6.83. The molecule has 0 aliphatic carbocycles. The van der Waals surface area contributed by atoms with Gasteiger partial charge in [-0.25, -0.2) is 4.98 Å². The van der Waals surface area contributed by atoms with Crippen LogP contribution in [0.3, 0.4) is 0 Å². The number of ether oxygens (including phenoxy) is 1. The Labute approximate surface area is 126 Å². The van der Waals surface area contributed by atoms with Crippen LogP contribution >= 0.6 is 15.9 Å². The number of esters is 1. The summed E-state index contributed by atoms with van der Waals surface area (Å²) in [6.07, 6.45) is 1.69. The Bertz CT molecular complexity index is 479. The molecule has 1 N–H and O–H groups in total. The van der Waals surface area contributed by atoms with Crippen molar-refractivity contribution in [2.75, 3.05) is 0 Å². The number of carbonyl (C=O) groups is 2. The predicted molar refractivity (Wildman–Crippen MR) is 77.2 cm³/mol. The van der Waals surface area contributed by atoms with Crippen molar-refractivity contribution < 1.29 is 19.4 Å². The Morgan fingerprint density at radius 3 is 2.50 bits per heavy atom. The molecule has 1 aromatic heterocycles. The fourth-order valence-corrected chi connectivity index (χ4v) is 1.88. The lowest BCUT2D eigenvalue weighted by atomic mass is 9.97. The zero-order chi connectivity index (χ0) is 15.3. The van der Waals surface area contributed by atoms with Crippen molar-refractivity contribution in [2.24, 2.45) is 5.92 Å². The van der Waals surface area contributed by atoms with Crippen molar-refractivity contribution in [3.8, 4) is 0 Å². The van der Waals surface area contributed by atoms with Crippen LogP contribution in [0.2, 0.25) is 0 Å². The van der Waals surface area contributed by atoms with Crippen molar-refractivity contribution >= 4 is 27.9 Å². The first-order valence-electron chi connectivity index (χ1n) is 6.22. The molecule has 0 spiro atoms. The van der Waals surface area contributed by atoms with Gasteiger partial charge in [0.1, 0.15) is 10.2 Å². The van der Waals surface area contributed by atoms with E-state index in [0.29, 0.717) is 4.60 Å². The molecular formula is C14H18BrNO4. The zero-order valence-electron chi connectivity index (χ0n) is 11.7. The minimum Gasteiger partial charge on any atom is -0.481 e. The SMILES string of the molecule is CC(C)(C)OC(=O)C[C@H](Cc1ccc(Br)nc1)C(=O)O. The summed E-state index contributed by atoms with van der Waals surface area (Å²) in [5.41, 5.74) is 0.156. The molecule has 110 valence electrons. The number of nitrogens with zero attached hydrogens (tertiary/aromatic N) is 1. The van der Waals surface area contributed by atoms with Crippen LogP contribution < -0.4 is 0 Å². The summed E-state index contributed by atoms with van der Waals surface area (Å²) in [5, 5.41) is 9.20. The predicted octanol–water partition coefficient (Wildman–Crippen LogP) is 2.82. The molecule has 0 saturated heterocycles. The Hall–Kier alpha value is -1.43. The fraction of sp³-hybridized carbons (Fsp3) is 0.500. The molecule has 6 heteroatoms. The molecule has 0 aromatic carbocycles. The molecule has 0 bridgehead atoms. The van der Waals surface area contributed by atoms with Gasteiger partial charge in [-0.15, -0.1) is 0 Å². The van der Waals surface area contributed by atoms with Crippen LogP contribution in [0.25, 0.3) is 0 Å². The Morgan fingerprint density at radius 2 is 2.05 bits per heavy atom. The van der Waals surface area contributed by atoms with Crippen LogP contribution in [0, 0.1) is 5.92 Å². The molecule has 1 atom stereocenters. The Kier molecular flexibility index (Phi) is 5.68. The number of carbonyl (C=O) groups excluding carboxylic acids is 1. The number of carboxylic acid groups (broad SMARTS) is 1. The van der Waals surface area contributed by atoms with Gasteiger partial charge in [0.05, 0.1) is 12.3 Å². The first-order valence-corrected chi connectivity index (χ1v) is 7.02. The van der Waals surface area contributed by atoms with Gasteiger partial charge < -0.3 is 9.84 Å². The van der Waals surface area contributed by atoms with E-state index >= 15 is 0 Å². The topological polar surface area (TPSA) is 76.5 Å². The average Bonchev–Trinajstić information content (AvgIpc) is 2.28. The molecule has 1 rings (SSSR count). The first-order chi connectivity index (χ1) is 9.17. The van der Waals surface area contributed by atoms with Crippen LogP contribution in [0.4, 0.5) is 0 Å². The summed E-state index contributed by atoms with van der Waals surface area (Å²) >= 11 is 3.21. The number of hydrogen-bond donors (Lipinski definition) is 1. The van der Waals surface area contributed by atoms with Gasteiger partial charge >= 0.3 is 11.9 Å². The zero-order valence-corrected chi connectivity index (χ0v) is 13.3. The van der Waals surface area contributed by atoms with E-state index in [4.69, 9.17) is 4.74 Å². The number of pyridine rings is 1. The third-order valence-electron chi connectivity index (χ3n) is 2.45. The fourth-order valence-electron chi connectivity index (χ4n) is 1.64. The van der Waals surface area contributed by atoms with Gasteiger partial charge in [-0.05, 0) is 54.8 Å². The van der Waals surface area contributed by atoms with E-state index in [1.807, 2.05) is 0 Å². The largest absolute Gasteiger partial charge is 0.481 e. The van der Waals surface area contributed by atoms with Gasteiger partial charge in [-0.1, -0.05) is 6.07 Å². The van der Waals surface area contributed by atoms with Crippen molar-refractivity contribution in [3.05, 3.63) is 28.5 Å². The second-order valence-electron chi connectivity index (χ2n) is 5.52. The highest BCUT2D eigenvalue weighted by Crippen LogP contribution is 2.17. The van der Waals surface area contributed by atoms with Crippen molar-refractivity contribution in [3.63, 3.8) is 0 Å². The molecule has 20 heavy (non-hydrogen) atoms. The Balaban J connectivity index is 2.68. The van der Waals surface area contributed by atoms with Crippen LogP contribution in [0.15, 0.2) is 22.9 Å². The van der Waals surface area contributed by atoms with Crippen LogP contribution in [0.5, 0.6) is 0 Å². The molecular weight excluding hydrogens is 326 g/mol. The van der Waals surface area contributed by atoms with E-state index in [1.165, 1.54) is 0 Å². The van der Waals surface area contributed by atoms with Gasteiger partial charge in [0.2, 0.25) is 0 Å². The normalized spacial score (nSPS) is 12.8. The van der Waals surface area contributed by atoms with Gasteiger partial charge in [-0.2, -0.15) is 0 Å². The van der Waals surface area contributed by atoms with Gasteiger partial charge in [0, 0.05) is 6.20 Å². The molecule has 1 heterocycles. The summed E-state index contributed by atoms with van der Waals surface area (Å²) in [7, 11) is 0. The monoisotopic (exact) mass is 343 g/mol. The van der Waals surface area contributed by atoms with Gasteiger partial charge in [0.15, 0.2) is 0 Å². The smallest absolute Gasteiger partial charge is 0.307 e. The van der Waals surface area contributed by atoms with E-state index in [9.17, 15) is 14.7 Å². The maximum Gasteiger partial charge on any atom is 0.307 e. The standard InChI is InChI=1S/C14H18BrNO4/c1-14(2,3)20-12(17)7-10(13(18)19)6-9-4-5-11(15)16-8-9/h4-5,8,10H,6-7H2,1-3H3,(H,18,19)/t10-/m0/s1. The van der Waals surface area contributed by atoms with E-state index in [-0.39, 0.29) is 12.8 Å². The lowest BCUT2D eigenvalue weighted by Gasteiger charge is -2.21. The van der Waals surface area contributed by atoms with Gasteiger partial charge in [0.25, 0.3) is 0 Å². The minimum atomic E-state index is -1.02. The van der Waals surface area contributed by atoms with Crippen LogP contribution in [0.1, 0.15) is 32.8 Å². The highest BCUT2D eigenvalue weighted by atomic mass is 79.9. The molecule has 1 aromatic rings. The van der Waals surface area contributed by atoms with Crippen molar-refractivity contribution in [1.29, 1.82) is 0 Å². The first kappa shape index (κ1) is 16.6. The maximum absolute atomic E-state index is 11.7. The summed E-state index contributed by atoms with van der Waals surface area (Å²) < 4.78 is 5.83. The van der Waals surface area contributed by atoms with E-state index in [2.05, 4.69) is 20.9 Å². The highest BCUT2D eigenvalue weighted by Gasteiger charge is 2.25. The molecule has 0 aliphatic rings. The lowest BCUT2D eigenvalue weighted by molar-refractivity contribution is -0.159. The number of aromatic nitrogens is 1. The van der Waals surface area contributed by atoms with E-state index in [0.717, 1.165) is 5.56 Å². The summed E-state index contributed by atoms with van der Waals surface area (Å²) in [4.78, 5) is 27.0. The summed E-state index contributed by atoms with van der Waals surface area (Å²) in [6.45, 7) is 5.25. The minimum absolute atomic E-state index is 0.150. The molecule has 0 saturated carbocycles. The molecule has 5 nitrogen and oxygen atoms in total. The lowest BCUT2D eigenvalue weighted by Crippen LogP contribution is -2.28. The number of aliphatic carboxylic acids is 1. The van der Waals surface area contributed by atoms with Crippen LogP contribution in [-0.4, -0.2) is 27.6 Å². The molecule has 0 aliphatic heterocycles. The van der Waals surface area contributed by atoms with Crippen molar-refractivity contribution in [2.45, 2.75) is 39.2 Å². The summed E-state index contributed by atoms with van der Waals surface area (Å²) in [5.74, 6) is -2.33. The molecule has 0 radical (unpaired) electrons. The van der Waals surface area contributed by atoms with E-state index < -0.39 is 23.5 Å².